The average Bonchev–Trinajstić information content (AvgIpc) is 3.33. The van der Waals surface area contributed by atoms with Gasteiger partial charge in [-0.25, -0.2) is 22.0 Å². The minimum atomic E-state index is -4.35. The fourth-order valence-corrected chi connectivity index (χ4v) is 5.98. The molecule has 1 aromatic heterocycles. The van der Waals surface area contributed by atoms with Gasteiger partial charge in [0.1, 0.15) is 24.0 Å². The van der Waals surface area contributed by atoms with Crippen molar-refractivity contribution in [2.24, 2.45) is 0 Å². The molecule has 0 spiro atoms. The third-order valence-electron chi connectivity index (χ3n) is 6.74. The number of benzene rings is 2. The van der Waals surface area contributed by atoms with E-state index in [1.54, 1.807) is 25.3 Å². The van der Waals surface area contributed by atoms with Crippen molar-refractivity contribution < 1.29 is 41.0 Å². The summed E-state index contributed by atoms with van der Waals surface area (Å²) in [5.74, 6) is -2.23. The number of hydrogen-bond acceptors (Lipinski definition) is 10. The first-order valence-corrected chi connectivity index (χ1v) is 15.0. The lowest BCUT2D eigenvalue weighted by atomic mass is 10.1. The summed E-state index contributed by atoms with van der Waals surface area (Å²) in [6, 6.07) is 6.90. The quantitative estimate of drug-likeness (QED) is 0.285. The molecular formula is C28H34F2N6O7S. The van der Waals surface area contributed by atoms with Gasteiger partial charge in [0.25, 0.3) is 5.91 Å². The Labute approximate surface area is 253 Å². The van der Waals surface area contributed by atoms with Gasteiger partial charge in [-0.1, -0.05) is 0 Å². The Morgan fingerprint density at radius 1 is 1.07 bits per heavy atom. The Balaban J connectivity index is 1.65. The highest BCUT2D eigenvalue weighted by molar-refractivity contribution is 7.89. The Bertz CT molecular complexity index is 1610. The largest absolute Gasteiger partial charge is 0.492 e. The highest BCUT2D eigenvalue weighted by Crippen LogP contribution is 2.31. The molecule has 1 amide bonds. The van der Waals surface area contributed by atoms with Crippen LogP contribution in [0.4, 0.5) is 25.1 Å². The topological polar surface area (TPSA) is 144 Å². The number of carbonyl (C=O) groups excluding carboxylic acids is 2. The van der Waals surface area contributed by atoms with Crippen LogP contribution in [0.15, 0.2) is 41.3 Å². The molecule has 4 rings (SSSR count). The summed E-state index contributed by atoms with van der Waals surface area (Å²) in [5.41, 5.74) is 1.22. The molecule has 0 unspecified atom stereocenters. The number of fused-ring (bicyclic) bond motifs is 1. The second-order valence-electron chi connectivity index (χ2n) is 10.1. The number of likely N-dealkylation sites (N-methyl/N-ethyl adjacent to an activating group) is 1. The molecular weight excluding hydrogens is 602 g/mol. The third-order valence-corrected chi connectivity index (χ3v) is 8.56. The molecule has 0 atom stereocenters. The number of ether oxygens (including phenoxy) is 3. The average molecular weight is 637 g/mol. The van der Waals surface area contributed by atoms with Crippen LogP contribution in [-0.2, 0) is 32.5 Å². The number of anilines is 2. The number of sulfonamides is 1. The fourth-order valence-electron chi connectivity index (χ4n) is 4.53. The van der Waals surface area contributed by atoms with E-state index >= 15 is 0 Å². The first kappa shape index (κ1) is 32.8. The van der Waals surface area contributed by atoms with E-state index in [2.05, 4.69) is 15.7 Å². The van der Waals surface area contributed by atoms with Gasteiger partial charge < -0.3 is 29.7 Å². The number of rotatable bonds is 12. The first-order chi connectivity index (χ1) is 20.9. The highest BCUT2D eigenvalue weighted by Gasteiger charge is 2.35. The maximum Gasteiger partial charge on any atom is 0.434 e. The highest BCUT2D eigenvalue weighted by atomic mass is 32.2. The van der Waals surface area contributed by atoms with Crippen LogP contribution in [0.25, 0.3) is 0 Å². The summed E-state index contributed by atoms with van der Waals surface area (Å²) in [6.45, 7) is 1.41. The zero-order chi connectivity index (χ0) is 32.0. The number of amides is 1. The van der Waals surface area contributed by atoms with Crippen LogP contribution in [0.2, 0.25) is 0 Å². The van der Waals surface area contributed by atoms with Crippen molar-refractivity contribution in [1.82, 2.24) is 19.0 Å². The second kappa shape index (κ2) is 14.1. The number of aromatic nitrogens is 2. The van der Waals surface area contributed by atoms with Gasteiger partial charge in [-0.15, -0.1) is 5.10 Å². The van der Waals surface area contributed by atoms with E-state index in [9.17, 15) is 26.8 Å². The lowest BCUT2D eigenvalue weighted by molar-refractivity contribution is 0.102. The standard InChI is InChI=1S/C28H34F2N6O7S/c1-34(2)10-12-43-20-5-6-22(24(16-20)31-8-11-41-3)27(37)32-26-23-17-35(9-7-25(23)36(33-26)28(38)42-4)44(39,40)21-14-18(29)13-19(30)15-21/h5-6,13-16,31H,7-12,17H2,1-4H3,(H,32,33,37). The van der Waals surface area contributed by atoms with Crippen LogP contribution in [-0.4, -0.2) is 101 Å². The summed E-state index contributed by atoms with van der Waals surface area (Å²) >= 11 is 0. The molecule has 16 heteroatoms. The molecule has 0 radical (unpaired) electrons. The van der Waals surface area contributed by atoms with Gasteiger partial charge >= 0.3 is 6.09 Å². The molecule has 0 fully saturated rings. The Hall–Kier alpha value is -4.12. The van der Waals surface area contributed by atoms with Gasteiger partial charge in [0.15, 0.2) is 5.82 Å². The molecule has 0 saturated carbocycles. The van der Waals surface area contributed by atoms with Gasteiger partial charge in [-0.05, 0) is 38.4 Å². The van der Waals surface area contributed by atoms with Crippen molar-refractivity contribution in [3.8, 4) is 5.75 Å². The molecule has 13 nitrogen and oxygen atoms in total. The van der Waals surface area contributed by atoms with E-state index in [0.717, 1.165) is 28.2 Å². The van der Waals surface area contributed by atoms with Gasteiger partial charge in [0, 0.05) is 57.4 Å². The minimum Gasteiger partial charge on any atom is -0.492 e. The number of hydrogen-bond donors (Lipinski definition) is 2. The summed E-state index contributed by atoms with van der Waals surface area (Å²) in [4.78, 5) is 27.5. The zero-order valence-corrected chi connectivity index (χ0v) is 25.5. The molecule has 0 aliphatic carbocycles. The summed E-state index contributed by atoms with van der Waals surface area (Å²) in [6.07, 6.45) is -0.834. The predicted octanol–water partition coefficient (Wildman–Crippen LogP) is 2.77. The van der Waals surface area contributed by atoms with Crippen LogP contribution < -0.4 is 15.4 Å². The fraction of sp³-hybridized carbons (Fsp3) is 0.393. The lowest BCUT2D eigenvalue weighted by Gasteiger charge is -2.27. The zero-order valence-electron chi connectivity index (χ0n) is 24.7. The minimum absolute atomic E-state index is 0.00708. The molecule has 2 N–H and O–H groups in total. The number of methoxy groups -OCH3 is 2. The molecule has 1 aliphatic heterocycles. The first-order valence-electron chi connectivity index (χ1n) is 13.6. The van der Waals surface area contributed by atoms with Gasteiger partial charge in [0.2, 0.25) is 10.0 Å². The molecule has 3 aromatic rings. The third kappa shape index (κ3) is 7.50. The monoisotopic (exact) mass is 636 g/mol. The lowest BCUT2D eigenvalue weighted by Crippen LogP contribution is -2.37. The summed E-state index contributed by atoms with van der Waals surface area (Å²) in [5, 5.41) is 10.1. The Morgan fingerprint density at radius 2 is 1.80 bits per heavy atom. The summed E-state index contributed by atoms with van der Waals surface area (Å²) < 4.78 is 72.0. The van der Waals surface area contributed by atoms with Crippen LogP contribution >= 0.6 is 0 Å². The Kier molecular flexibility index (Phi) is 10.5. The van der Waals surface area contributed by atoms with Crippen molar-refractivity contribution in [2.45, 2.75) is 17.9 Å². The molecule has 44 heavy (non-hydrogen) atoms. The molecule has 2 aromatic carbocycles. The predicted molar refractivity (Wildman–Crippen MR) is 156 cm³/mol. The molecule has 2 heterocycles. The maximum atomic E-state index is 13.9. The second-order valence-corrected chi connectivity index (χ2v) is 12.0. The van der Waals surface area contributed by atoms with Crippen molar-refractivity contribution in [1.29, 1.82) is 0 Å². The maximum absolute atomic E-state index is 13.9. The van der Waals surface area contributed by atoms with Crippen LogP contribution in [0.5, 0.6) is 5.75 Å². The van der Waals surface area contributed by atoms with Crippen molar-refractivity contribution in [3.63, 3.8) is 0 Å². The van der Waals surface area contributed by atoms with Crippen molar-refractivity contribution in [3.05, 3.63) is 64.9 Å². The van der Waals surface area contributed by atoms with E-state index in [-0.39, 0.29) is 36.5 Å². The van der Waals surface area contributed by atoms with Crippen LogP contribution in [0.3, 0.4) is 0 Å². The van der Waals surface area contributed by atoms with Crippen LogP contribution in [0, 0.1) is 11.6 Å². The van der Waals surface area contributed by atoms with Gasteiger partial charge in [-0.3, -0.25) is 4.79 Å². The van der Waals surface area contributed by atoms with E-state index in [1.807, 2.05) is 19.0 Å². The van der Waals surface area contributed by atoms with E-state index < -0.39 is 38.6 Å². The Morgan fingerprint density at radius 3 is 2.45 bits per heavy atom. The smallest absolute Gasteiger partial charge is 0.434 e. The SMILES string of the molecule is COCCNc1cc(OCCN(C)C)ccc1C(=O)Nc1nn(C(=O)OC)c2c1CN(S(=O)(=O)c1cc(F)cc(F)c1)CC2. The van der Waals surface area contributed by atoms with Gasteiger partial charge in [-0.2, -0.15) is 8.99 Å². The molecule has 0 saturated heterocycles. The molecule has 0 bridgehead atoms. The van der Waals surface area contributed by atoms with Crippen molar-refractivity contribution in [2.75, 3.05) is 71.8 Å². The van der Waals surface area contributed by atoms with Crippen LogP contribution in [0.1, 0.15) is 21.6 Å². The molecule has 238 valence electrons. The summed E-state index contributed by atoms with van der Waals surface area (Å²) in [7, 11) is 2.20. The van der Waals surface area contributed by atoms with Crippen molar-refractivity contribution >= 4 is 33.5 Å². The number of nitrogens with zero attached hydrogens (tertiary/aromatic N) is 4. The molecule has 1 aliphatic rings. The van der Waals surface area contributed by atoms with E-state index in [1.165, 1.54) is 0 Å². The number of nitrogens with one attached hydrogen (secondary N) is 2. The number of carbonyl (C=O) groups is 2. The van der Waals surface area contributed by atoms with E-state index in [0.29, 0.717) is 49.5 Å². The van der Waals surface area contributed by atoms with Gasteiger partial charge in [0.05, 0.1) is 35.6 Å². The normalized spacial score (nSPS) is 13.4. The number of halogens is 2. The van der Waals surface area contributed by atoms with E-state index in [4.69, 9.17) is 14.2 Å².